The summed E-state index contributed by atoms with van der Waals surface area (Å²) in [7, 11) is 0. The van der Waals surface area contributed by atoms with Crippen molar-refractivity contribution in [1.82, 2.24) is 15.4 Å². The van der Waals surface area contributed by atoms with Crippen LogP contribution >= 0.6 is 11.8 Å². The standard InChI is InChI=1S/C15H23N3O3S/c1-10-5-11(21-17-10)7-16-14(20)12-8-22-9-18(12)13(19)6-15(2,3)4/h5,12H,6-9H2,1-4H3,(H,16,20)/t12-/m0/s1. The minimum Gasteiger partial charge on any atom is -0.359 e. The van der Waals surface area contributed by atoms with Gasteiger partial charge in [0, 0.05) is 18.2 Å². The van der Waals surface area contributed by atoms with Crippen molar-refractivity contribution in [1.29, 1.82) is 0 Å². The zero-order chi connectivity index (χ0) is 16.3. The first-order chi connectivity index (χ1) is 10.3. The first-order valence-corrected chi connectivity index (χ1v) is 8.49. The molecule has 1 aliphatic heterocycles. The highest BCUT2D eigenvalue weighted by Gasteiger charge is 2.35. The maximum Gasteiger partial charge on any atom is 0.244 e. The zero-order valence-corrected chi connectivity index (χ0v) is 14.3. The monoisotopic (exact) mass is 325 g/mol. The van der Waals surface area contributed by atoms with Gasteiger partial charge in [0.1, 0.15) is 6.04 Å². The second kappa shape index (κ2) is 6.73. The molecule has 2 amide bonds. The highest BCUT2D eigenvalue weighted by Crippen LogP contribution is 2.26. The van der Waals surface area contributed by atoms with Gasteiger partial charge in [-0.05, 0) is 12.3 Å². The summed E-state index contributed by atoms with van der Waals surface area (Å²) in [5, 5.41) is 6.60. The predicted octanol–water partition coefficient (Wildman–Crippen LogP) is 1.94. The Hall–Kier alpha value is -1.50. The van der Waals surface area contributed by atoms with E-state index in [2.05, 4.69) is 10.5 Å². The first kappa shape index (κ1) is 16.9. The fraction of sp³-hybridized carbons (Fsp3) is 0.667. The summed E-state index contributed by atoms with van der Waals surface area (Å²) < 4.78 is 5.07. The summed E-state index contributed by atoms with van der Waals surface area (Å²) in [5.41, 5.74) is 0.700. The summed E-state index contributed by atoms with van der Waals surface area (Å²) in [6.07, 6.45) is 0.443. The van der Waals surface area contributed by atoms with Crippen LogP contribution in [0.25, 0.3) is 0 Å². The molecule has 7 heteroatoms. The number of hydrogen-bond acceptors (Lipinski definition) is 5. The molecule has 0 radical (unpaired) electrons. The van der Waals surface area contributed by atoms with Crippen molar-refractivity contribution in [3.63, 3.8) is 0 Å². The molecule has 1 aromatic heterocycles. The van der Waals surface area contributed by atoms with E-state index in [1.54, 1.807) is 22.7 Å². The summed E-state index contributed by atoms with van der Waals surface area (Å²) in [5.74, 6) is 1.73. The zero-order valence-electron chi connectivity index (χ0n) is 13.5. The Balaban J connectivity index is 1.91. The molecule has 122 valence electrons. The lowest BCUT2D eigenvalue weighted by Gasteiger charge is -2.26. The van der Waals surface area contributed by atoms with Crippen LogP contribution in [0.15, 0.2) is 10.6 Å². The number of nitrogens with zero attached hydrogens (tertiary/aromatic N) is 2. The molecule has 0 aromatic carbocycles. The van der Waals surface area contributed by atoms with Gasteiger partial charge in [-0.15, -0.1) is 11.8 Å². The number of aryl methyl sites for hydroxylation is 1. The largest absolute Gasteiger partial charge is 0.359 e. The van der Waals surface area contributed by atoms with Crippen molar-refractivity contribution >= 4 is 23.6 Å². The van der Waals surface area contributed by atoms with Gasteiger partial charge in [-0.3, -0.25) is 9.59 Å². The molecule has 1 saturated heterocycles. The van der Waals surface area contributed by atoms with Crippen molar-refractivity contribution in [2.75, 3.05) is 11.6 Å². The van der Waals surface area contributed by atoms with E-state index in [4.69, 9.17) is 4.52 Å². The van der Waals surface area contributed by atoms with Crippen LogP contribution in [0.4, 0.5) is 0 Å². The predicted molar refractivity (Wildman–Crippen MR) is 85.1 cm³/mol. The number of hydrogen-bond donors (Lipinski definition) is 1. The Kier molecular flexibility index (Phi) is 5.16. The van der Waals surface area contributed by atoms with Gasteiger partial charge in [-0.25, -0.2) is 0 Å². The number of nitrogens with one attached hydrogen (secondary N) is 1. The molecule has 0 unspecified atom stereocenters. The number of carbonyl (C=O) groups excluding carboxylic acids is 2. The fourth-order valence-electron chi connectivity index (χ4n) is 2.25. The molecular weight excluding hydrogens is 302 g/mol. The fourth-order valence-corrected chi connectivity index (χ4v) is 3.43. The van der Waals surface area contributed by atoms with Crippen LogP contribution in [0.5, 0.6) is 0 Å². The number of amides is 2. The molecule has 22 heavy (non-hydrogen) atoms. The Morgan fingerprint density at radius 1 is 1.50 bits per heavy atom. The number of thioether (sulfide) groups is 1. The molecule has 1 fully saturated rings. The summed E-state index contributed by atoms with van der Waals surface area (Å²) in [6, 6.07) is 1.38. The van der Waals surface area contributed by atoms with Crippen molar-refractivity contribution in [2.24, 2.45) is 5.41 Å². The number of rotatable bonds is 4. The molecular formula is C15H23N3O3S. The van der Waals surface area contributed by atoms with Gasteiger partial charge in [-0.1, -0.05) is 25.9 Å². The first-order valence-electron chi connectivity index (χ1n) is 7.33. The number of aromatic nitrogens is 1. The second-order valence-electron chi connectivity index (χ2n) is 6.77. The molecule has 1 N–H and O–H groups in total. The molecule has 2 heterocycles. The smallest absolute Gasteiger partial charge is 0.244 e. The van der Waals surface area contributed by atoms with Gasteiger partial charge < -0.3 is 14.7 Å². The lowest BCUT2D eigenvalue weighted by atomic mass is 9.91. The van der Waals surface area contributed by atoms with Crippen molar-refractivity contribution in [2.45, 2.75) is 46.7 Å². The van der Waals surface area contributed by atoms with E-state index in [0.29, 0.717) is 30.4 Å². The topological polar surface area (TPSA) is 75.4 Å². The third-order valence-corrected chi connectivity index (χ3v) is 4.31. The second-order valence-corrected chi connectivity index (χ2v) is 7.77. The molecule has 0 spiro atoms. The summed E-state index contributed by atoms with van der Waals surface area (Å²) in [4.78, 5) is 26.4. The van der Waals surface area contributed by atoms with Gasteiger partial charge in [0.2, 0.25) is 11.8 Å². The van der Waals surface area contributed by atoms with E-state index in [1.165, 1.54) is 0 Å². The minimum absolute atomic E-state index is 0.0353. The maximum atomic E-state index is 12.4. The van der Waals surface area contributed by atoms with Gasteiger partial charge in [0.25, 0.3) is 0 Å². The molecule has 2 rings (SSSR count). The maximum absolute atomic E-state index is 12.4. The summed E-state index contributed by atoms with van der Waals surface area (Å²) >= 11 is 1.61. The average molecular weight is 325 g/mol. The normalized spacial score (nSPS) is 18.5. The Morgan fingerprint density at radius 2 is 2.23 bits per heavy atom. The van der Waals surface area contributed by atoms with Crippen LogP contribution in [0.3, 0.4) is 0 Å². The Labute approximate surface area is 135 Å². The van der Waals surface area contributed by atoms with E-state index in [1.807, 2.05) is 27.7 Å². The van der Waals surface area contributed by atoms with Crippen LogP contribution in [0.1, 0.15) is 38.6 Å². The van der Waals surface area contributed by atoms with Gasteiger partial charge >= 0.3 is 0 Å². The minimum atomic E-state index is -0.399. The quantitative estimate of drug-likeness (QED) is 0.915. The van der Waals surface area contributed by atoms with Crippen LogP contribution in [-0.4, -0.2) is 39.5 Å². The van der Waals surface area contributed by atoms with Crippen molar-refractivity contribution in [3.05, 3.63) is 17.5 Å². The van der Waals surface area contributed by atoms with E-state index < -0.39 is 6.04 Å². The third kappa shape index (κ3) is 4.50. The lowest BCUT2D eigenvalue weighted by molar-refractivity contribution is -0.139. The molecule has 1 aromatic rings. The van der Waals surface area contributed by atoms with Crippen LogP contribution in [0.2, 0.25) is 0 Å². The molecule has 0 saturated carbocycles. The van der Waals surface area contributed by atoms with Gasteiger partial charge in [0.05, 0.1) is 18.1 Å². The molecule has 1 atom stereocenters. The van der Waals surface area contributed by atoms with E-state index >= 15 is 0 Å². The molecule has 0 aliphatic carbocycles. The van der Waals surface area contributed by atoms with Crippen LogP contribution < -0.4 is 5.32 Å². The number of carbonyl (C=O) groups is 2. The van der Waals surface area contributed by atoms with Gasteiger partial charge in [-0.2, -0.15) is 0 Å². The Bertz CT molecular complexity index is 550. The van der Waals surface area contributed by atoms with E-state index in [0.717, 1.165) is 5.69 Å². The van der Waals surface area contributed by atoms with Gasteiger partial charge in [0.15, 0.2) is 5.76 Å². The Morgan fingerprint density at radius 3 is 2.82 bits per heavy atom. The molecule has 6 nitrogen and oxygen atoms in total. The average Bonchev–Trinajstić information content (AvgIpc) is 3.02. The SMILES string of the molecule is Cc1cc(CNC(=O)[C@@H]2CSCN2C(=O)CC(C)(C)C)on1. The van der Waals surface area contributed by atoms with Crippen LogP contribution in [-0.2, 0) is 16.1 Å². The molecule has 0 bridgehead atoms. The lowest BCUT2D eigenvalue weighted by Crippen LogP contribution is -2.47. The van der Waals surface area contributed by atoms with E-state index in [-0.39, 0.29) is 17.2 Å². The van der Waals surface area contributed by atoms with Crippen LogP contribution in [0, 0.1) is 12.3 Å². The van der Waals surface area contributed by atoms with E-state index in [9.17, 15) is 9.59 Å². The van der Waals surface area contributed by atoms with Crippen molar-refractivity contribution in [3.8, 4) is 0 Å². The third-order valence-electron chi connectivity index (χ3n) is 3.30. The molecule has 1 aliphatic rings. The highest BCUT2D eigenvalue weighted by molar-refractivity contribution is 7.99. The highest BCUT2D eigenvalue weighted by atomic mass is 32.2. The van der Waals surface area contributed by atoms with Crippen molar-refractivity contribution < 1.29 is 14.1 Å². The summed E-state index contributed by atoms with van der Waals surface area (Å²) in [6.45, 7) is 8.19.